The minimum atomic E-state index is -0.525. The van der Waals surface area contributed by atoms with E-state index in [0.29, 0.717) is 24.1 Å². The molecule has 1 unspecified atom stereocenters. The molecule has 0 saturated heterocycles. The number of aromatic nitrogens is 2. The zero-order chi connectivity index (χ0) is 15.1. The minimum absolute atomic E-state index is 0.312. The first kappa shape index (κ1) is 15.9. The first-order chi connectivity index (χ1) is 10.1. The summed E-state index contributed by atoms with van der Waals surface area (Å²) >= 11 is 1.45. The fourth-order valence-electron chi connectivity index (χ4n) is 1.86. The summed E-state index contributed by atoms with van der Waals surface area (Å²) in [5.41, 5.74) is 3.00. The summed E-state index contributed by atoms with van der Waals surface area (Å²) in [6.07, 6.45) is -0.525. The third-order valence-corrected chi connectivity index (χ3v) is 3.78. The van der Waals surface area contributed by atoms with Crippen LogP contribution in [0.15, 0.2) is 41.6 Å². The van der Waals surface area contributed by atoms with Crippen molar-refractivity contribution in [2.75, 3.05) is 12.4 Å². The highest BCUT2D eigenvalue weighted by Gasteiger charge is 2.08. The van der Waals surface area contributed by atoms with E-state index < -0.39 is 6.10 Å². The molecule has 2 aromatic rings. The molecule has 0 radical (unpaired) electrons. The Morgan fingerprint density at radius 3 is 2.48 bits per heavy atom. The van der Waals surface area contributed by atoms with E-state index in [1.54, 1.807) is 0 Å². The fraction of sp³-hybridized carbons (Fsp3) is 0.375. The van der Waals surface area contributed by atoms with Crippen LogP contribution >= 0.6 is 11.8 Å². The summed E-state index contributed by atoms with van der Waals surface area (Å²) in [6.45, 7) is 4.71. The number of ether oxygens (including phenoxy) is 1. The molecule has 1 atom stereocenters. The van der Waals surface area contributed by atoms with Crippen LogP contribution in [0.4, 0.5) is 0 Å². The maximum absolute atomic E-state index is 9.93. The molecule has 1 aromatic carbocycles. The van der Waals surface area contributed by atoms with Crippen molar-refractivity contribution >= 4 is 11.8 Å². The monoisotopic (exact) mass is 304 g/mol. The molecular formula is C16H20N2O2S. The largest absolute Gasteiger partial charge is 0.390 e. The minimum Gasteiger partial charge on any atom is -0.390 e. The number of benzene rings is 1. The number of aryl methyl sites for hydroxylation is 2. The van der Waals surface area contributed by atoms with Crippen molar-refractivity contribution in [2.45, 2.75) is 31.7 Å². The number of rotatable bonds is 7. The van der Waals surface area contributed by atoms with Crippen LogP contribution in [0, 0.1) is 13.8 Å². The topological polar surface area (TPSA) is 55.2 Å². The van der Waals surface area contributed by atoms with Gasteiger partial charge in [0.2, 0.25) is 0 Å². The maximum Gasteiger partial charge on any atom is 0.188 e. The van der Waals surface area contributed by atoms with Gasteiger partial charge in [0.15, 0.2) is 5.16 Å². The van der Waals surface area contributed by atoms with Crippen LogP contribution < -0.4 is 0 Å². The molecule has 21 heavy (non-hydrogen) atoms. The summed E-state index contributed by atoms with van der Waals surface area (Å²) in [7, 11) is 0. The van der Waals surface area contributed by atoms with Gasteiger partial charge in [-0.25, -0.2) is 9.97 Å². The molecule has 0 amide bonds. The second kappa shape index (κ2) is 8.12. The van der Waals surface area contributed by atoms with Crippen molar-refractivity contribution in [3.05, 3.63) is 53.3 Å². The summed E-state index contributed by atoms with van der Waals surface area (Å²) < 4.78 is 5.51. The molecule has 4 nitrogen and oxygen atoms in total. The molecule has 1 aromatic heterocycles. The third-order valence-electron chi connectivity index (χ3n) is 2.79. The molecule has 0 fully saturated rings. The lowest BCUT2D eigenvalue weighted by Gasteiger charge is -2.11. The Kier molecular flexibility index (Phi) is 6.17. The molecule has 1 heterocycles. The lowest BCUT2D eigenvalue weighted by molar-refractivity contribution is 0.0398. The van der Waals surface area contributed by atoms with Crippen LogP contribution in [0.3, 0.4) is 0 Å². The number of aliphatic hydroxyl groups is 1. The first-order valence-corrected chi connectivity index (χ1v) is 7.87. The van der Waals surface area contributed by atoms with E-state index in [9.17, 15) is 5.11 Å². The highest BCUT2D eigenvalue weighted by atomic mass is 32.2. The zero-order valence-corrected chi connectivity index (χ0v) is 13.1. The summed E-state index contributed by atoms with van der Waals surface area (Å²) in [5, 5.41) is 10.6. The van der Waals surface area contributed by atoms with Gasteiger partial charge < -0.3 is 9.84 Å². The van der Waals surface area contributed by atoms with Crippen molar-refractivity contribution in [3.63, 3.8) is 0 Å². The van der Waals surface area contributed by atoms with Crippen LogP contribution in [0.5, 0.6) is 0 Å². The van der Waals surface area contributed by atoms with Crippen LogP contribution in [0.2, 0.25) is 0 Å². The number of hydrogen-bond acceptors (Lipinski definition) is 5. The van der Waals surface area contributed by atoms with E-state index in [1.807, 2.05) is 50.2 Å². The summed E-state index contributed by atoms with van der Waals surface area (Å²) in [6, 6.07) is 11.9. The Morgan fingerprint density at radius 1 is 1.14 bits per heavy atom. The molecule has 112 valence electrons. The number of hydrogen-bond donors (Lipinski definition) is 1. The molecule has 0 spiro atoms. The smallest absolute Gasteiger partial charge is 0.188 e. The maximum atomic E-state index is 9.93. The van der Waals surface area contributed by atoms with Crippen molar-refractivity contribution < 1.29 is 9.84 Å². The van der Waals surface area contributed by atoms with E-state index in [-0.39, 0.29) is 0 Å². The standard InChI is InChI=1S/C16H20N2O2S/c1-12-8-13(2)18-16(17-12)21-11-15(19)10-20-9-14-6-4-3-5-7-14/h3-8,15,19H,9-11H2,1-2H3. The van der Waals surface area contributed by atoms with E-state index >= 15 is 0 Å². The van der Waals surface area contributed by atoms with Gasteiger partial charge in [-0.15, -0.1) is 0 Å². The average molecular weight is 304 g/mol. The number of thioether (sulfide) groups is 1. The Bertz CT molecular complexity index is 543. The van der Waals surface area contributed by atoms with Gasteiger partial charge in [0.25, 0.3) is 0 Å². The molecule has 0 aliphatic rings. The van der Waals surface area contributed by atoms with Gasteiger partial charge in [-0.05, 0) is 25.5 Å². The van der Waals surface area contributed by atoms with Gasteiger partial charge >= 0.3 is 0 Å². The third kappa shape index (κ3) is 5.83. The SMILES string of the molecule is Cc1cc(C)nc(SCC(O)COCc2ccccc2)n1. The fourth-order valence-corrected chi connectivity index (χ4v) is 2.72. The number of nitrogens with zero attached hydrogens (tertiary/aromatic N) is 2. The molecule has 5 heteroatoms. The predicted octanol–water partition coefficient (Wildman–Crippen LogP) is 2.76. The number of aliphatic hydroxyl groups excluding tert-OH is 1. The molecule has 2 rings (SSSR count). The molecule has 0 aliphatic carbocycles. The highest BCUT2D eigenvalue weighted by molar-refractivity contribution is 7.99. The summed E-state index contributed by atoms with van der Waals surface area (Å²) in [5.74, 6) is 0.525. The highest BCUT2D eigenvalue weighted by Crippen LogP contribution is 2.15. The van der Waals surface area contributed by atoms with E-state index in [1.165, 1.54) is 11.8 Å². The lowest BCUT2D eigenvalue weighted by Crippen LogP contribution is -2.18. The van der Waals surface area contributed by atoms with Crippen molar-refractivity contribution in [2.24, 2.45) is 0 Å². The van der Waals surface area contributed by atoms with E-state index in [4.69, 9.17) is 4.74 Å². The quantitative estimate of drug-likeness (QED) is 0.629. The van der Waals surface area contributed by atoms with Gasteiger partial charge in [0.05, 0.1) is 19.3 Å². The van der Waals surface area contributed by atoms with Gasteiger partial charge in [0.1, 0.15) is 0 Å². The zero-order valence-electron chi connectivity index (χ0n) is 12.3. The van der Waals surface area contributed by atoms with Gasteiger partial charge in [-0.2, -0.15) is 0 Å². The normalized spacial score (nSPS) is 12.3. The molecular weight excluding hydrogens is 284 g/mol. The second-order valence-corrected chi connectivity index (χ2v) is 5.89. The second-order valence-electron chi connectivity index (χ2n) is 4.90. The molecule has 0 aliphatic heterocycles. The Hall–Kier alpha value is -1.43. The average Bonchev–Trinajstić information content (AvgIpc) is 2.45. The van der Waals surface area contributed by atoms with Crippen LogP contribution in [-0.4, -0.2) is 33.5 Å². The van der Waals surface area contributed by atoms with Crippen molar-refractivity contribution in [3.8, 4) is 0 Å². The van der Waals surface area contributed by atoms with Gasteiger partial charge in [-0.1, -0.05) is 42.1 Å². The van der Waals surface area contributed by atoms with Crippen LogP contribution in [0.1, 0.15) is 17.0 Å². The molecule has 0 bridgehead atoms. The molecule has 0 saturated carbocycles. The van der Waals surface area contributed by atoms with Gasteiger partial charge in [-0.3, -0.25) is 0 Å². The first-order valence-electron chi connectivity index (χ1n) is 6.88. The van der Waals surface area contributed by atoms with Crippen LogP contribution in [0.25, 0.3) is 0 Å². The van der Waals surface area contributed by atoms with Crippen molar-refractivity contribution in [1.82, 2.24) is 9.97 Å². The van der Waals surface area contributed by atoms with Gasteiger partial charge in [0, 0.05) is 17.1 Å². The predicted molar refractivity (Wildman–Crippen MR) is 84.3 cm³/mol. The Balaban J connectivity index is 1.71. The van der Waals surface area contributed by atoms with Crippen LogP contribution in [-0.2, 0) is 11.3 Å². The van der Waals surface area contributed by atoms with E-state index in [0.717, 1.165) is 17.0 Å². The summed E-state index contributed by atoms with van der Waals surface area (Å²) in [4.78, 5) is 8.67. The van der Waals surface area contributed by atoms with E-state index in [2.05, 4.69) is 9.97 Å². The Morgan fingerprint density at radius 2 is 1.81 bits per heavy atom. The lowest BCUT2D eigenvalue weighted by atomic mass is 10.2. The Labute approximate surface area is 129 Å². The van der Waals surface area contributed by atoms with Crippen molar-refractivity contribution in [1.29, 1.82) is 0 Å². The molecule has 1 N–H and O–H groups in total.